The van der Waals surface area contributed by atoms with Gasteiger partial charge in [-0.25, -0.2) is 4.98 Å². The molecule has 40 heavy (non-hydrogen) atoms. The van der Waals surface area contributed by atoms with Crippen molar-refractivity contribution in [2.75, 3.05) is 17.6 Å². The van der Waals surface area contributed by atoms with Crippen LogP contribution in [0.1, 0.15) is 68.6 Å². The van der Waals surface area contributed by atoms with Gasteiger partial charge in [-0.3, -0.25) is 14.7 Å². The topological polar surface area (TPSA) is 138 Å². The largest absolute Gasteiger partial charge is 0.392 e. The van der Waals surface area contributed by atoms with Gasteiger partial charge in [-0.05, 0) is 36.1 Å². The third-order valence-electron chi connectivity index (χ3n) is 6.80. The molecule has 4 rings (SSSR count). The van der Waals surface area contributed by atoms with Gasteiger partial charge in [-0.2, -0.15) is 5.10 Å². The number of unbranched alkanes of at least 4 members (excludes halogenated alkanes) is 2. The minimum Gasteiger partial charge on any atom is -0.392 e. The number of benzene rings is 2. The molecule has 1 saturated heterocycles. The molecule has 4 N–H and O–H groups in total. The van der Waals surface area contributed by atoms with Crippen LogP contribution in [0.2, 0.25) is 0 Å². The summed E-state index contributed by atoms with van der Waals surface area (Å²) in [5, 5.41) is 22.7. The van der Waals surface area contributed by atoms with Crippen molar-refractivity contribution < 1.29 is 24.2 Å². The Balaban J connectivity index is 1.42. The number of amides is 2. The highest BCUT2D eigenvalue weighted by molar-refractivity contribution is 7.99. The normalized spacial score (nSPS) is 20.7. The number of ether oxygens (including phenoxy) is 2. The molecule has 11 heteroatoms. The Morgan fingerprint density at radius 1 is 1.07 bits per heavy atom. The predicted molar refractivity (Wildman–Crippen MR) is 152 cm³/mol. The molecular formula is C29H37N5O5S. The molecule has 0 spiro atoms. The number of hydrogen-bond acceptors (Lipinski definition) is 8. The molecule has 1 aliphatic rings. The maximum Gasteiger partial charge on any atom is 0.224 e. The van der Waals surface area contributed by atoms with Gasteiger partial charge in [-0.15, -0.1) is 0 Å². The van der Waals surface area contributed by atoms with Crippen LogP contribution in [0.25, 0.3) is 0 Å². The van der Waals surface area contributed by atoms with Crippen molar-refractivity contribution in [1.29, 1.82) is 0 Å². The van der Waals surface area contributed by atoms with Crippen LogP contribution < -0.4 is 10.6 Å². The molecule has 4 atom stereocenters. The zero-order chi connectivity index (χ0) is 28.3. The zero-order valence-corrected chi connectivity index (χ0v) is 23.7. The van der Waals surface area contributed by atoms with Gasteiger partial charge in [0.05, 0.1) is 18.8 Å². The molecule has 0 aliphatic carbocycles. The highest BCUT2D eigenvalue weighted by Crippen LogP contribution is 2.43. The second-order valence-electron chi connectivity index (χ2n) is 9.89. The summed E-state index contributed by atoms with van der Waals surface area (Å²) in [6.45, 7) is 4.22. The maximum atomic E-state index is 12.5. The number of carbonyl (C=O) groups is 2. The Hall–Kier alpha value is -3.25. The molecule has 1 aliphatic heterocycles. The van der Waals surface area contributed by atoms with E-state index in [0.29, 0.717) is 24.4 Å². The number of carbonyl (C=O) groups excluding carboxylic acids is 2. The Morgan fingerprint density at radius 3 is 2.62 bits per heavy atom. The SMILES string of the molecule is CC(=O)NCCCCCC(=O)Nc1cccc([C@@H]2O[C@H](CSc3ncn[nH]3)[C@H](C)[C@H](c3ccc(CO)cc3)O2)c1. The molecule has 2 aromatic carbocycles. The summed E-state index contributed by atoms with van der Waals surface area (Å²) in [5.74, 6) is 0.600. The lowest BCUT2D eigenvalue weighted by Gasteiger charge is -2.41. The van der Waals surface area contributed by atoms with E-state index < -0.39 is 6.29 Å². The number of aromatic amines is 1. The molecule has 0 unspecified atom stereocenters. The summed E-state index contributed by atoms with van der Waals surface area (Å²) in [7, 11) is 0. The van der Waals surface area contributed by atoms with E-state index in [4.69, 9.17) is 9.47 Å². The van der Waals surface area contributed by atoms with Crippen LogP contribution in [0.5, 0.6) is 0 Å². The molecule has 1 aromatic heterocycles. The standard InChI is InChI=1S/C29H37N5O5S/c1-19-25(17-40-29-31-18-32-34-29)38-28(39-27(19)22-12-10-21(16-35)11-13-22)23-7-6-8-24(15-23)33-26(37)9-4-3-5-14-30-20(2)36/h6-8,10-13,15,18-19,25,27-28,35H,3-5,9,14,16-17H2,1-2H3,(H,30,36)(H,33,37)(H,31,32,34)/t19-,25+,27+,28+/m0/s1. The fraction of sp³-hybridized carbons (Fsp3) is 0.448. The smallest absolute Gasteiger partial charge is 0.224 e. The van der Waals surface area contributed by atoms with Crippen molar-refractivity contribution in [3.8, 4) is 0 Å². The van der Waals surface area contributed by atoms with E-state index in [-0.39, 0.29) is 36.5 Å². The molecule has 0 bridgehead atoms. The number of anilines is 1. The molecular weight excluding hydrogens is 530 g/mol. The summed E-state index contributed by atoms with van der Waals surface area (Å²) >= 11 is 1.54. The van der Waals surface area contributed by atoms with Gasteiger partial charge in [0.2, 0.25) is 11.8 Å². The number of hydrogen-bond donors (Lipinski definition) is 4. The molecule has 0 radical (unpaired) electrons. The van der Waals surface area contributed by atoms with E-state index >= 15 is 0 Å². The predicted octanol–water partition coefficient (Wildman–Crippen LogP) is 4.52. The zero-order valence-electron chi connectivity index (χ0n) is 22.8. The fourth-order valence-electron chi connectivity index (χ4n) is 4.57. The number of nitrogens with zero attached hydrogens (tertiary/aromatic N) is 2. The third kappa shape index (κ3) is 8.62. The van der Waals surface area contributed by atoms with E-state index in [1.54, 1.807) is 11.8 Å². The van der Waals surface area contributed by atoms with Gasteiger partial charge in [0, 0.05) is 42.8 Å². The number of aliphatic hydroxyl groups excluding tert-OH is 1. The lowest BCUT2D eigenvalue weighted by atomic mass is 9.91. The Morgan fingerprint density at radius 2 is 1.90 bits per heavy atom. The molecule has 0 saturated carbocycles. The maximum absolute atomic E-state index is 12.5. The lowest BCUT2D eigenvalue weighted by Crippen LogP contribution is -2.38. The number of aliphatic hydroxyl groups is 1. The van der Waals surface area contributed by atoms with Crippen molar-refractivity contribution in [1.82, 2.24) is 20.5 Å². The van der Waals surface area contributed by atoms with E-state index in [2.05, 4.69) is 32.7 Å². The lowest BCUT2D eigenvalue weighted by molar-refractivity contribution is -0.268. The van der Waals surface area contributed by atoms with Crippen molar-refractivity contribution in [3.63, 3.8) is 0 Å². The van der Waals surface area contributed by atoms with Gasteiger partial charge in [0.1, 0.15) is 6.33 Å². The van der Waals surface area contributed by atoms with Crippen LogP contribution in [0.4, 0.5) is 5.69 Å². The molecule has 214 valence electrons. The fourth-order valence-corrected chi connectivity index (χ4v) is 5.52. The summed E-state index contributed by atoms with van der Waals surface area (Å²) < 4.78 is 13.0. The first-order chi connectivity index (χ1) is 19.4. The third-order valence-corrected chi connectivity index (χ3v) is 7.76. The van der Waals surface area contributed by atoms with Gasteiger partial charge < -0.3 is 25.2 Å². The van der Waals surface area contributed by atoms with Gasteiger partial charge in [0.25, 0.3) is 0 Å². The summed E-state index contributed by atoms with van der Waals surface area (Å²) in [6, 6.07) is 15.4. The van der Waals surface area contributed by atoms with E-state index in [1.807, 2.05) is 48.5 Å². The number of H-pyrrole nitrogens is 1. The van der Waals surface area contributed by atoms with Crippen molar-refractivity contribution in [2.24, 2.45) is 5.92 Å². The minimum atomic E-state index is -0.635. The van der Waals surface area contributed by atoms with Crippen LogP contribution in [-0.2, 0) is 25.7 Å². The van der Waals surface area contributed by atoms with E-state index in [1.165, 1.54) is 13.3 Å². The average molecular weight is 568 g/mol. The highest BCUT2D eigenvalue weighted by atomic mass is 32.2. The summed E-state index contributed by atoms with van der Waals surface area (Å²) in [5.41, 5.74) is 3.35. The van der Waals surface area contributed by atoms with Gasteiger partial charge in [0.15, 0.2) is 11.4 Å². The molecule has 2 heterocycles. The summed E-state index contributed by atoms with van der Waals surface area (Å²) in [6.07, 6.45) is 3.33. The minimum absolute atomic E-state index is 0.0148. The first-order valence-corrected chi connectivity index (χ1v) is 14.5. The van der Waals surface area contributed by atoms with Crippen molar-refractivity contribution in [2.45, 2.75) is 69.8 Å². The second-order valence-corrected chi connectivity index (χ2v) is 10.9. The quantitative estimate of drug-likeness (QED) is 0.175. The van der Waals surface area contributed by atoms with Crippen LogP contribution >= 0.6 is 11.8 Å². The van der Waals surface area contributed by atoms with Crippen LogP contribution in [0, 0.1) is 5.92 Å². The number of nitrogens with one attached hydrogen (secondary N) is 3. The molecule has 3 aromatic rings. The first-order valence-electron chi connectivity index (χ1n) is 13.6. The van der Waals surface area contributed by atoms with Crippen molar-refractivity contribution in [3.05, 3.63) is 71.5 Å². The van der Waals surface area contributed by atoms with Crippen LogP contribution in [0.15, 0.2) is 60.0 Å². The molecule has 1 fully saturated rings. The Bertz CT molecular complexity index is 1220. The van der Waals surface area contributed by atoms with Gasteiger partial charge >= 0.3 is 0 Å². The molecule has 10 nitrogen and oxygen atoms in total. The second kappa shape index (κ2) is 14.9. The first kappa shape index (κ1) is 29.7. The highest BCUT2D eigenvalue weighted by Gasteiger charge is 2.38. The van der Waals surface area contributed by atoms with E-state index in [0.717, 1.165) is 41.1 Å². The molecule has 2 amide bonds. The monoisotopic (exact) mass is 567 g/mol. The van der Waals surface area contributed by atoms with Gasteiger partial charge in [-0.1, -0.05) is 61.5 Å². The number of aromatic nitrogens is 3. The summed E-state index contributed by atoms with van der Waals surface area (Å²) in [4.78, 5) is 27.7. The van der Waals surface area contributed by atoms with Crippen molar-refractivity contribution >= 4 is 29.3 Å². The Labute approximate surface area is 238 Å². The van der Waals surface area contributed by atoms with Crippen LogP contribution in [-0.4, -0.2) is 50.5 Å². The number of rotatable bonds is 13. The Kier molecular flexibility index (Phi) is 11.1. The van der Waals surface area contributed by atoms with Crippen LogP contribution in [0.3, 0.4) is 0 Å². The van der Waals surface area contributed by atoms with E-state index in [9.17, 15) is 14.7 Å². The number of thioether (sulfide) groups is 1. The average Bonchev–Trinajstić information content (AvgIpc) is 3.48.